The van der Waals surface area contributed by atoms with Crippen LogP contribution in [-0.4, -0.2) is 37.6 Å². The lowest BCUT2D eigenvalue weighted by Crippen LogP contribution is -2.50. The van der Waals surface area contributed by atoms with Crippen molar-refractivity contribution in [1.82, 2.24) is 10.2 Å². The summed E-state index contributed by atoms with van der Waals surface area (Å²) in [7, 11) is 0. The van der Waals surface area contributed by atoms with Gasteiger partial charge in [-0.2, -0.15) is 0 Å². The molecular formula is C14H27ClN2. The predicted molar refractivity (Wildman–Crippen MR) is 74.8 cm³/mol. The molecule has 1 atom stereocenters. The van der Waals surface area contributed by atoms with Gasteiger partial charge < -0.3 is 10.2 Å². The number of piperidine rings is 1. The van der Waals surface area contributed by atoms with Crippen molar-refractivity contribution in [3.8, 4) is 0 Å². The third-order valence-corrected chi connectivity index (χ3v) is 5.22. The summed E-state index contributed by atoms with van der Waals surface area (Å²) in [6.07, 6.45) is 8.85. The molecule has 17 heavy (non-hydrogen) atoms. The lowest BCUT2D eigenvalue weighted by atomic mass is 9.64. The van der Waals surface area contributed by atoms with Gasteiger partial charge in [-0.3, -0.25) is 0 Å². The Kier molecular flexibility index (Phi) is 4.06. The second kappa shape index (κ2) is 5.07. The summed E-state index contributed by atoms with van der Waals surface area (Å²) >= 11 is 0. The van der Waals surface area contributed by atoms with Crippen LogP contribution in [0.5, 0.6) is 0 Å². The van der Waals surface area contributed by atoms with Crippen molar-refractivity contribution in [1.29, 1.82) is 0 Å². The van der Waals surface area contributed by atoms with Gasteiger partial charge in [0, 0.05) is 19.6 Å². The number of hydrogen-bond acceptors (Lipinski definition) is 2. The van der Waals surface area contributed by atoms with Crippen LogP contribution in [0.1, 0.15) is 45.4 Å². The molecule has 1 aliphatic carbocycles. The number of hydrogen-bond donors (Lipinski definition) is 1. The van der Waals surface area contributed by atoms with Gasteiger partial charge in [0.25, 0.3) is 0 Å². The Morgan fingerprint density at radius 3 is 2.47 bits per heavy atom. The quantitative estimate of drug-likeness (QED) is 0.819. The highest BCUT2D eigenvalue weighted by Gasteiger charge is 2.42. The van der Waals surface area contributed by atoms with Crippen molar-refractivity contribution in [3.63, 3.8) is 0 Å². The third kappa shape index (κ3) is 2.80. The molecule has 2 saturated heterocycles. The van der Waals surface area contributed by atoms with E-state index in [1.54, 1.807) is 0 Å². The highest BCUT2D eigenvalue weighted by Crippen LogP contribution is 2.47. The summed E-state index contributed by atoms with van der Waals surface area (Å²) < 4.78 is 0. The van der Waals surface area contributed by atoms with E-state index in [-0.39, 0.29) is 12.4 Å². The first kappa shape index (κ1) is 13.6. The summed E-state index contributed by atoms with van der Waals surface area (Å²) in [6.45, 7) is 9.03. The average Bonchev–Trinajstić information content (AvgIpc) is 2.63. The Hall–Kier alpha value is 0.210. The van der Waals surface area contributed by atoms with Gasteiger partial charge >= 0.3 is 0 Å². The van der Waals surface area contributed by atoms with Crippen LogP contribution >= 0.6 is 12.4 Å². The third-order valence-electron chi connectivity index (χ3n) is 5.22. The van der Waals surface area contributed by atoms with Crippen LogP contribution in [0.2, 0.25) is 0 Å². The molecule has 1 unspecified atom stereocenters. The molecule has 1 saturated carbocycles. The normalized spacial score (nSPS) is 36.5. The first-order valence-electron chi connectivity index (χ1n) is 7.13. The van der Waals surface area contributed by atoms with Crippen LogP contribution in [0.15, 0.2) is 0 Å². The van der Waals surface area contributed by atoms with Crippen molar-refractivity contribution in [2.75, 3.05) is 32.7 Å². The van der Waals surface area contributed by atoms with Crippen molar-refractivity contribution < 1.29 is 0 Å². The van der Waals surface area contributed by atoms with E-state index < -0.39 is 0 Å². The van der Waals surface area contributed by atoms with E-state index in [9.17, 15) is 0 Å². The topological polar surface area (TPSA) is 15.3 Å². The highest BCUT2D eigenvalue weighted by atomic mass is 35.5. The van der Waals surface area contributed by atoms with E-state index in [4.69, 9.17) is 0 Å². The molecule has 100 valence electrons. The van der Waals surface area contributed by atoms with Crippen molar-refractivity contribution in [2.45, 2.75) is 45.4 Å². The van der Waals surface area contributed by atoms with Gasteiger partial charge in [-0.15, -0.1) is 12.4 Å². The van der Waals surface area contributed by atoms with Gasteiger partial charge in [0.15, 0.2) is 0 Å². The second-order valence-electron chi connectivity index (χ2n) is 6.91. The van der Waals surface area contributed by atoms with Crippen LogP contribution in [0.4, 0.5) is 0 Å². The minimum absolute atomic E-state index is 0. The summed E-state index contributed by atoms with van der Waals surface area (Å²) in [5.41, 5.74) is 1.32. The molecule has 3 fully saturated rings. The van der Waals surface area contributed by atoms with Gasteiger partial charge in [-0.1, -0.05) is 13.3 Å². The fourth-order valence-electron chi connectivity index (χ4n) is 4.07. The molecular weight excluding hydrogens is 232 g/mol. The maximum absolute atomic E-state index is 3.52. The Balaban J connectivity index is 0.00000108. The van der Waals surface area contributed by atoms with Crippen molar-refractivity contribution in [2.24, 2.45) is 10.8 Å². The molecule has 1 spiro atoms. The van der Waals surface area contributed by atoms with Gasteiger partial charge in [-0.25, -0.2) is 0 Å². The second-order valence-corrected chi connectivity index (χ2v) is 6.91. The molecule has 0 radical (unpaired) electrons. The van der Waals surface area contributed by atoms with Crippen LogP contribution < -0.4 is 5.32 Å². The van der Waals surface area contributed by atoms with E-state index in [1.165, 1.54) is 71.2 Å². The molecule has 0 aromatic heterocycles. The smallest absolute Gasteiger partial charge is 0.00482 e. The number of halogens is 1. The maximum atomic E-state index is 3.52. The zero-order valence-corrected chi connectivity index (χ0v) is 12.0. The standard InChI is InChI=1S/C14H26N2.ClH/c1-13(7-8-15-10-13)11-16-9-3-6-14(12-16)4-2-5-14;/h15H,2-12H2,1H3;1H. The molecule has 0 bridgehead atoms. The summed E-state index contributed by atoms with van der Waals surface area (Å²) in [6, 6.07) is 0. The fraction of sp³-hybridized carbons (Fsp3) is 1.00. The van der Waals surface area contributed by atoms with Crippen LogP contribution in [0.25, 0.3) is 0 Å². The van der Waals surface area contributed by atoms with E-state index in [2.05, 4.69) is 17.1 Å². The number of nitrogens with zero attached hydrogens (tertiary/aromatic N) is 1. The Labute approximate surface area is 112 Å². The monoisotopic (exact) mass is 258 g/mol. The molecule has 3 rings (SSSR count). The summed E-state index contributed by atoms with van der Waals surface area (Å²) in [5, 5.41) is 3.52. The zero-order chi connectivity index (χ0) is 11.1. The molecule has 2 nitrogen and oxygen atoms in total. The largest absolute Gasteiger partial charge is 0.316 e. The van der Waals surface area contributed by atoms with E-state index in [1.807, 2.05) is 0 Å². The molecule has 1 N–H and O–H groups in total. The van der Waals surface area contributed by atoms with Crippen LogP contribution in [-0.2, 0) is 0 Å². The SMILES string of the molecule is CC1(CN2CCCC3(CCC3)C2)CCNC1.Cl. The van der Waals surface area contributed by atoms with E-state index in [0.717, 1.165) is 5.41 Å². The van der Waals surface area contributed by atoms with Crippen LogP contribution in [0.3, 0.4) is 0 Å². The Bertz CT molecular complexity index is 257. The zero-order valence-electron chi connectivity index (χ0n) is 11.1. The molecule has 2 aliphatic heterocycles. The highest BCUT2D eigenvalue weighted by molar-refractivity contribution is 5.85. The maximum Gasteiger partial charge on any atom is 0.00482 e. The molecule has 0 aromatic carbocycles. The van der Waals surface area contributed by atoms with E-state index in [0.29, 0.717) is 5.41 Å². The molecule has 3 heteroatoms. The fourth-order valence-corrected chi connectivity index (χ4v) is 4.07. The van der Waals surface area contributed by atoms with Crippen molar-refractivity contribution in [3.05, 3.63) is 0 Å². The minimum Gasteiger partial charge on any atom is -0.316 e. The molecule has 0 amide bonds. The number of rotatable bonds is 2. The lowest BCUT2D eigenvalue weighted by molar-refractivity contribution is 0.00485. The van der Waals surface area contributed by atoms with Gasteiger partial charge in [0.05, 0.1) is 0 Å². The molecule has 0 aromatic rings. The average molecular weight is 259 g/mol. The number of likely N-dealkylation sites (tertiary alicyclic amines) is 1. The minimum atomic E-state index is 0. The first-order valence-corrected chi connectivity index (χ1v) is 7.13. The Morgan fingerprint density at radius 1 is 1.12 bits per heavy atom. The first-order chi connectivity index (χ1) is 7.70. The molecule has 3 aliphatic rings. The van der Waals surface area contributed by atoms with Crippen LogP contribution in [0, 0.1) is 10.8 Å². The predicted octanol–water partition coefficient (Wildman–Crippen LogP) is 2.67. The lowest BCUT2D eigenvalue weighted by Gasteiger charge is -2.50. The van der Waals surface area contributed by atoms with Crippen molar-refractivity contribution >= 4 is 12.4 Å². The molecule has 2 heterocycles. The van der Waals surface area contributed by atoms with Gasteiger partial charge in [0.1, 0.15) is 0 Å². The summed E-state index contributed by atoms with van der Waals surface area (Å²) in [5.74, 6) is 0. The number of nitrogens with one attached hydrogen (secondary N) is 1. The van der Waals surface area contributed by atoms with E-state index >= 15 is 0 Å². The summed E-state index contributed by atoms with van der Waals surface area (Å²) in [4.78, 5) is 2.77. The van der Waals surface area contributed by atoms with Gasteiger partial charge in [-0.05, 0) is 56.0 Å². The Morgan fingerprint density at radius 2 is 1.88 bits per heavy atom. The van der Waals surface area contributed by atoms with Gasteiger partial charge in [0.2, 0.25) is 0 Å².